The smallest absolute Gasteiger partial charge is 0.236 e. The van der Waals surface area contributed by atoms with Gasteiger partial charge in [-0.2, -0.15) is 0 Å². The molecule has 0 aromatic heterocycles. The van der Waals surface area contributed by atoms with E-state index in [0.717, 1.165) is 31.7 Å². The lowest BCUT2D eigenvalue weighted by molar-refractivity contribution is -0.132. The number of piperazine rings is 1. The highest BCUT2D eigenvalue weighted by molar-refractivity contribution is 6.30. The van der Waals surface area contributed by atoms with Crippen molar-refractivity contribution in [3.05, 3.63) is 34.6 Å². The molecule has 2 rings (SSSR count). The van der Waals surface area contributed by atoms with Crippen molar-refractivity contribution in [1.29, 1.82) is 0 Å². The molecule has 0 spiro atoms. The van der Waals surface area contributed by atoms with Gasteiger partial charge in [0, 0.05) is 32.7 Å². The zero-order valence-electron chi connectivity index (χ0n) is 11.9. The second-order valence-electron chi connectivity index (χ2n) is 5.05. The van der Waals surface area contributed by atoms with Crippen LogP contribution in [0.5, 0.6) is 0 Å². The zero-order valence-corrected chi connectivity index (χ0v) is 13.5. The van der Waals surface area contributed by atoms with E-state index >= 15 is 0 Å². The summed E-state index contributed by atoms with van der Waals surface area (Å²) in [6.45, 7) is 4.14. The number of amides is 1. The summed E-state index contributed by atoms with van der Waals surface area (Å²) < 4.78 is 13.1. The van der Waals surface area contributed by atoms with Gasteiger partial charge in [0.2, 0.25) is 5.91 Å². The van der Waals surface area contributed by atoms with Gasteiger partial charge in [0.05, 0.1) is 11.6 Å². The minimum absolute atomic E-state index is 0. The third-order valence-corrected chi connectivity index (χ3v) is 3.60. The summed E-state index contributed by atoms with van der Waals surface area (Å²) in [5.41, 5.74) is 0.895. The van der Waals surface area contributed by atoms with Gasteiger partial charge >= 0.3 is 0 Å². The fraction of sp³-hybridized carbons (Fsp3) is 0.500. The highest BCUT2D eigenvalue weighted by Crippen LogP contribution is 2.16. The Morgan fingerprint density at radius 3 is 2.71 bits per heavy atom. The molecule has 0 radical (unpaired) electrons. The minimum atomic E-state index is -0.421. The van der Waals surface area contributed by atoms with Crippen LogP contribution in [0.4, 0.5) is 4.39 Å². The van der Waals surface area contributed by atoms with Crippen LogP contribution in [-0.2, 0) is 11.3 Å². The predicted molar refractivity (Wildman–Crippen MR) is 84.4 cm³/mol. The standard InChI is InChI=1S/C14H19ClFN3O.ClH/c1-18(9-11-2-3-13(16)12(15)8-11)10-14(20)19-6-4-17-5-7-19;/h2-3,8,17H,4-7,9-10H2,1H3;1H. The van der Waals surface area contributed by atoms with E-state index in [4.69, 9.17) is 11.6 Å². The fourth-order valence-electron chi connectivity index (χ4n) is 2.25. The number of nitrogens with one attached hydrogen (secondary N) is 1. The van der Waals surface area contributed by atoms with Crippen molar-refractivity contribution in [3.8, 4) is 0 Å². The van der Waals surface area contributed by atoms with Crippen molar-refractivity contribution >= 4 is 29.9 Å². The van der Waals surface area contributed by atoms with Crippen LogP contribution in [0.15, 0.2) is 18.2 Å². The molecule has 1 N–H and O–H groups in total. The number of halogens is 3. The number of carbonyl (C=O) groups is 1. The van der Waals surface area contributed by atoms with E-state index in [9.17, 15) is 9.18 Å². The maximum absolute atomic E-state index is 13.1. The lowest BCUT2D eigenvalue weighted by Gasteiger charge is -2.29. The van der Waals surface area contributed by atoms with Gasteiger partial charge in [-0.3, -0.25) is 9.69 Å². The summed E-state index contributed by atoms with van der Waals surface area (Å²) in [6, 6.07) is 4.64. The molecule has 21 heavy (non-hydrogen) atoms. The Hall–Kier alpha value is -0.880. The fourth-order valence-corrected chi connectivity index (χ4v) is 2.45. The van der Waals surface area contributed by atoms with Crippen molar-refractivity contribution < 1.29 is 9.18 Å². The molecule has 4 nitrogen and oxygen atoms in total. The van der Waals surface area contributed by atoms with Crippen LogP contribution in [0.25, 0.3) is 0 Å². The van der Waals surface area contributed by atoms with E-state index in [1.54, 1.807) is 12.1 Å². The normalized spacial score (nSPS) is 15.0. The Morgan fingerprint density at radius 2 is 2.10 bits per heavy atom. The predicted octanol–water partition coefficient (Wildman–Crippen LogP) is 1.76. The second-order valence-corrected chi connectivity index (χ2v) is 5.46. The molecule has 1 aliphatic heterocycles. The Bertz CT molecular complexity index is 481. The largest absolute Gasteiger partial charge is 0.339 e. The monoisotopic (exact) mass is 335 g/mol. The number of hydrogen-bond acceptors (Lipinski definition) is 3. The van der Waals surface area contributed by atoms with Crippen molar-refractivity contribution in [3.63, 3.8) is 0 Å². The number of hydrogen-bond donors (Lipinski definition) is 1. The molecule has 0 unspecified atom stereocenters. The van der Waals surface area contributed by atoms with Gasteiger partial charge in [0.1, 0.15) is 5.82 Å². The molecule has 1 aromatic rings. The first-order valence-electron chi connectivity index (χ1n) is 6.67. The molecule has 1 saturated heterocycles. The van der Waals surface area contributed by atoms with Gasteiger partial charge in [0.15, 0.2) is 0 Å². The molecular formula is C14H20Cl2FN3O. The molecule has 0 aliphatic carbocycles. The summed E-state index contributed by atoms with van der Waals surface area (Å²) in [5, 5.41) is 3.33. The van der Waals surface area contributed by atoms with Crippen LogP contribution in [0.1, 0.15) is 5.56 Å². The molecule has 0 saturated carbocycles. The Labute approximate surface area is 135 Å². The maximum Gasteiger partial charge on any atom is 0.236 e. The van der Waals surface area contributed by atoms with Crippen LogP contribution in [0.3, 0.4) is 0 Å². The van der Waals surface area contributed by atoms with Crippen LogP contribution < -0.4 is 5.32 Å². The Morgan fingerprint density at radius 1 is 1.43 bits per heavy atom. The van der Waals surface area contributed by atoms with Gasteiger partial charge in [-0.1, -0.05) is 17.7 Å². The topological polar surface area (TPSA) is 35.6 Å². The van der Waals surface area contributed by atoms with E-state index in [2.05, 4.69) is 5.32 Å². The average Bonchev–Trinajstić information content (AvgIpc) is 2.44. The number of benzene rings is 1. The SMILES string of the molecule is CN(CC(=O)N1CCNCC1)Cc1ccc(F)c(Cl)c1.Cl. The van der Waals surface area contributed by atoms with Crippen LogP contribution in [0.2, 0.25) is 5.02 Å². The number of carbonyl (C=O) groups excluding carboxylic acids is 1. The van der Waals surface area contributed by atoms with Crippen molar-refractivity contribution in [2.45, 2.75) is 6.54 Å². The average molecular weight is 336 g/mol. The van der Waals surface area contributed by atoms with E-state index < -0.39 is 5.82 Å². The van der Waals surface area contributed by atoms with Gasteiger partial charge in [-0.15, -0.1) is 12.4 Å². The lowest BCUT2D eigenvalue weighted by atomic mass is 10.2. The molecule has 1 aliphatic rings. The van der Waals surface area contributed by atoms with Crippen LogP contribution >= 0.6 is 24.0 Å². The molecule has 1 heterocycles. The first-order chi connectivity index (χ1) is 9.56. The summed E-state index contributed by atoms with van der Waals surface area (Å²) in [7, 11) is 1.87. The van der Waals surface area contributed by atoms with Gasteiger partial charge in [-0.25, -0.2) is 4.39 Å². The van der Waals surface area contributed by atoms with E-state index in [-0.39, 0.29) is 23.3 Å². The first-order valence-corrected chi connectivity index (χ1v) is 7.05. The summed E-state index contributed by atoms with van der Waals surface area (Å²) in [4.78, 5) is 15.9. The number of rotatable bonds is 4. The van der Waals surface area contributed by atoms with E-state index in [0.29, 0.717) is 13.1 Å². The Kier molecular flexibility index (Phi) is 7.39. The number of nitrogens with zero attached hydrogens (tertiary/aromatic N) is 2. The molecule has 7 heteroatoms. The second kappa shape index (κ2) is 8.54. The molecule has 1 amide bonds. The van der Waals surface area contributed by atoms with Gasteiger partial charge in [0.25, 0.3) is 0 Å². The van der Waals surface area contributed by atoms with E-state index in [1.165, 1.54) is 6.07 Å². The Balaban J connectivity index is 0.00000220. The summed E-state index contributed by atoms with van der Waals surface area (Å²) in [5.74, 6) is -0.294. The molecule has 0 bridgehead atoms. The third kappa shape index (κ3) is 5.43. The first kappa shape index (κ1) is 18.2. The summed E-state index contributed by atoms with van der Waals surface area (Å²) in [6.07, 6.45) is 0. The lowest BCUT2D eigenvalue weighted by Crippen LogP contribution is -2.49. The van der Waals surface area contributed by atoms with Crippen LogP contribution in [0, 0.1) is 5.82 Å². The molecule has 118 valence electrons. The van der Waals surface area contributed by atoms with Crippen LogP contribution in [-0.4, -0.2) is 55.5 Å². The highest BCUT2D eigenvalue weighted by atomic mass is 35.5. The van der Waals surface area contributed by atoms with Crippen molar-refractivity contribution in [2.75, 3.05) is 39.8 Å². The summed E-state index contributed by atoms with van der Waals surface area (Å²) >= 11 is 5.75. The molecular weight excluding hydrogens is 316 g/mol. The third-order valence-electron chi connectivity index (χ3n) is 3.31. The molecule has 0 atom stereocenters. The zero-order chi connectivity index (χ0) is 14.5. The highest BCUT2D eigenvalue weighted by Gasteiger charge is 2.17. The van der Waals surface area contributed by atoms with Crippen molar-refractivity contribution in [1.82, 2.24) is 15.1 Å². The maximum atomic E-state index is 13.1. The van der Waals surface area contributed by atoms with Crippen molar-refractivity contribution in [2.24, 2.45) is 0 Å². The number of likely N-dealkylation sites (N-methyl/N-ethyl adjacent to an activating group) is 1. The molecule has 1 aromatic carbocycles. The van der Waals surface area contributed by atoms with Gasteiger partial charge in [-0.05, 0) is 24.7 Å². The minimum Gasteiger partial charge on any atom is -0.339 e. The quantitative estimate of drug-likeness (QED) is 0.910. The van der Waals surface area contributed by atoms with E-state index in [1.807, 2.05) is 16.8 Å². The van der Waals surface area contributed by atoms with Gasteiger partial charge < -0.3 is 10.2 Å². The molecule has 1 fully saturated rings.